The van der Waals surface area contributed by atoms with E-state index in [9.17, 15) is 4.79 Å². The van der Waals surface area contributed by atoms with Gasteiger partial charge in [0.05, 0.1) is 5.56 Å². The van der Waals surface area contributed by atoms with Crippen LogP contribution in [0.1, 0.15) is 33.5 Å². The standard InChI is InChI=1S/C21H21NO2.ClH/c1-4-16-9-11-18(12-10-16)21(13-14-22(2)3)15-17-7-5-6-8-19(17)20(23)24-21;/h1,5-12H,13-15H2,2-3H3;1H. The highest BCUT2D eigenvalue weighted by Gasteiger charge is 2.41. The summed E-state index contributed by atoms with van der Waals surface area (Å²) in [6.45, 7) is 0.826. The number of hydrogen-bond acceptors (Lipinski definition) is 3. The topological polar surface area (TPSA) is 29.5 Å². The van der Waals surface area contributed by atoms with Gasteiger partial charge in [-0.25, -0.2) is 4.79 Å². The van der Waals surface area contributed by atoms with Gasteiger partial charge in [-0.15, -0.1) is 18.8 Å². The summed E-state index contributed by atoms with van der Waals surface area (Å²) < 4.78 is 5.99. The van der Waals surface area contributed by atoms with Gasteiger partial charge in [-0.1, -0.05) is 36.3 Å². The second kappa shape index (κ2) is 7.74. The summed E-state index contributed by atoms with van der Waals surface area (Å²) >= 11 is 0. The molecule has 0 N–H and O–H groups in total. The molecule has 3 rings (SSSR count). The van der Waals surface area contributed by atoms with E-state index in [0.29, 0.717) is 12.0 Å². The number of carbonyl (C=O) groups is 1. The molecule has 0 fully saturated rings. The van der Waals surface area contributed by atoms with Crippen molar-refractivity contribution >= 4 is 18.4 Å². The molecule has 25 heavy (non-hydrogen) atoms. The lowest BCUT2D eigenvalue weighted by Crippen LogP contribution is -2.41. The zero-order valence-corrected chi connectivity index (χ0v) is 15.3. The number of fused-ring (bicyclic) bond motifs is 1. The van der Waals surface area contributed by atoms with Crippen LogP contribution in [0.3, 0.4) is 0 Å². The molecule has 0 amide bonds. The third-order valence-electron chi connectivity index (χ3n) is 4.54. The molecule has 0 saturated carbocycles. The van der Waals surface area contributed by atoms with Crippen molar-refractivity contribution in [2.75, 3.05) is 20.6 Å². The van der Waals surface area contributed by atoms with E-state index in [1.165, 1.54) is 0 Å². The van der Waals surface area contributed by atoms with Gasteiger partial charge in [0.25, 0.3) is 0 Å². The summed E-state index contributed by atoms with van der Waals surface area (Å²) in [5, 5.41) is 0. The molecule has 0 aromatic heterocycles. The largest absolute Gasteiger partial charge is 0.450 e. The Balaban J connectivity index is 0.00000225. The van der Waals surface area contributed by atoms with Gasteiger partial charge in [0.15, 0.2) is 0 Å². The second-order valence-electron chi connectivity index (χ2n) is 6.49. The highest BCUT2D eigenvalue weighted by atomic mass is 35.5. The Kier molecular flexibility index (Phi) is 5.89. The molecule has 0 aliphatic carbocycles. The number of terminal acetylenes is 1. The van der Waals surface area contributed by atoms with Gasteiger partial charge < -0.3 is 9.64 Å². The fraction of sp³-hybridized carbons (Fsp3) is 0.286. The monoisotopic (exact) mass is 355 g/mol. The van der Waals surface area contributed by atoms with E-state index in [1.54, 1.807) is 0 Å². The summed E-state index contributed by atoms with van der Waals surface area (Å²) in [5.74, 6) is 2.38. The van der Waals surface area contributed by atoms with Crippen LogP contribution < -0.4 is 0 Å². The minimum Gasteiger partial charge on any atom is -0.450 e. The maximum absolute atomic E-state index is 12.6. The van der Waals surface area contributed by atoms with Crippen LogP contribution in [0, 0.1) is 12.3 Å². The Labute approximate surface area is 155 Å². The number of halogens is 1. The van der Waals surface area contributed by atoms with E-state index in [1.807, 2.05) is 62.6 Å². The van der Waals surface area contributed by atoms with Gasteiger partial charge in [-0.3, -0.25) is 0 Å². The van der Waals surface area contributed by atoms with Crippen LogP contribution in [0.4, 0.5) is 0 Å². The number of benzene rings is 2. The van der Waals surface area contributed by atoms with Crippen LogP contribution in [0.15, 0.2) is 48.5 Å². The van der Waals surface area contributed by atoms with Crippen LogP contribution in [0.5, 0.6) is 0 Å². The molecule has 0 spiro atoms. The second-order valence-corrected chi connectivity index (χ2v) is 6.49. The van der Waals surface area contributed by atoms with Crippen LogP contribution in [-0.4, -0.2) is 31.5 Å². The third kappa shape index (κ3) is 3.87. The number of rotatable bonds is 4. The Morgan fingerprint density at radius 1 is 1.16 bits per heavy atom. The Bertz CT molecular complexity index is 792. The molecule has 2 aromatic carbocycles. The number of nitrogens with zero attached hydrogens (tertiary/aromatic N) is 1. The van der Waals surface area contributed by atoms with Gasteiger partial charge in [-0.05, 0) is 43.4 Å². The summed E-state index contributed by atoms with van der Waals surface area (Å²) in [5.41, 5.74) is 2.87. The number of carbonyl (C=O) groups excluding carboxylic acids is 1. The van der Waals surface area contributed by atoms with Crippen LogP contribution in [0.25, 0.3) is 0 Å². The molecule has 1 heterocycles. The minimum atomic E-state index is -0.650. The quantitative estimate of drug-likeness (QED) is 0.619. The van der Waals surface area contributed by atoms with Crippen molar-refractivity contribution in [2.24, 2.45) is 0 Å². The first-order valence-corrected chi connectivity index (χ1v) is 8.07. The molecule has 130 valence electrons. The average Bonchev–Trinajstić information content (AvgIpc) is 2.60. The highest BCUT2D eigenvalue weighted by Crippen LogP contribution is 2.39. The molecular weight excluding hydrogens is 334 g/mol. The van der Waals surface area contributed by atoms with E-state index in [-0.39, 0.29) is 18.4 Å². The molecule has 1 aliphatic rings. The van der Waals surface area contributed by atoms with Gasteiger partial charge in [-0.2, -0.15) is 0 Å². The molecule has 2 aromatic rings. The molecule has 3 nitrogen and oxygen atoms in total. The summed E-state index contributed by atoms with van der Waals surface area (Å²) in [4.78, 5) is 14.7. The van der Waals surface area contributed by atoms with Crippen LogP contribution >= 0.6 is 12.4 Å². The lowest BCUT2D eigenvalue weighted by molar-refractivity contribution is -0.0355. The minimum absolute atomic E-state index is 0. The maximum atomic E-state index is 12.6. The number of hydrogen-bond donors (Lipinski definition) is 0. The highest BCUT2D eigenvalue weighted by molar-refractivity contribution is 5.92. The van der Waals surface area contributed by atoms with Crippen molar-refractivity contribution in [3.8, 4) is 12.3 Å². The predicted octanol–water partition coefficient (Wildman–Crippen LogP) is 3.65. The zero-order chi connectivity index (χ0) is 17.2. The van der Waals surface area contributed by atoms with E-state index in [2.05, 4.69) is 10.8 Å². The van der Waals surface area contributed by atoms with Crippen molar-refractivity contribution in [3.63, 3.8) is 0 Å². The van der Waals surface area contributed by atoms with Crippen LogP contribution in [-0.2, 0) is 16.8 Å². The van der Waals surface area contributed by atoms with Crippen molar-refractivity contribution in [2.45, 2.75) is 18.4 Å². The molecule has 4 heteroatoms. The Morgan fingerprint density at radius 3 is 2.48 bits per heavy atom. The first kappa shape index (κ1) is 19.1. The Morgan fingerprint density at radius 2 is 1.84 bits per heavy atom. The van der Waals surface area contributed by atoms with Gasteiger partial charge in [0.1, 0.15) is 5.60 Å². The fourth-order valence-electron chi connectivity index (χ4n) is 3.17. The predicted molar refractivity (Wildman–Crippen MR) is 102 cm³/mol. The SMILES string of the molecule is C#Cc1ccc(C2(CCN(C)C)Cc3ccccc3C(=O)O2)cc1.Cl. The first-order valence-electron chi connectivity index (χ1n) is 8.07. The molecular formula is C21H22ClNO2. The Hall–Kier alpha value is -2.28. The normalized spacial score (nSPS) is 18.7. The maximum Gasteiger partial charge on any atom is 0.339 e. The third-order valence-corrected chi connectivity index (χ3v) is 4.54. The molecule has 0 radical (unpaired) electrons. The van der Waals surface area contributed by atoms with Crippen molar-refractivity contribution in [1.82, 2.24) is 4.90 Å². The smallest absolute Gasteiger partial charge is 0.339 e. The fourth-order valence-corrected chi connectivity index (χ4v) is 3.17. The first-order chi connectivity index (χ1) is 11.5. The van der Waals surface area contributed by atoms with Crippen LogP contribution in [0.2, 0.25) is 0 Å². The van der Waals surface area contributed by atoms with E-state index in [0.717, 1.165) is 29.7 Å². The van der Waals surface area contributed by atoms with Gasteiger partial charge in [0, 0.05) is 24.9 Å². The van der Waals surface area contributed by atoms with E-state index < -0.39 is 5.60 Å². The van der Waals surface area contributed by atoms with E-state index in [4.69, 9.17) is 11.2 Å². The van der Waals surface area contributed by atoms with Crippen molar-refractivity contribution in [3.05, 3.63) is 70.8 Å². The van der Waals surface area contributed by atoms with Crippen molar-refractivity contribution in [1.29, 1.82) is 0 Å². The zero-order valence-electron chi connectivity index (χ0n) is 14.5. The molecule has 0 bridgehead atoms. The number of ether oxygens (including phenoxy) is 1. The summed E-state index contributed by atoms with van der Waals surface area (Å²) in [6.07, 6.45) is 6.86. The van der Waals surface area contributed by atoms with Gasteiger partial charge in [0.2, 0.25) is 0 Å². The van der Waals surface area contributed by atoms with Crippen molar-refractivity contribution < 1.29 is 9.53 Å². The number of cyclic esters (lactones) is 1. The number of esters is 1. The summed E-state index contributed by atoms with van der Waals surface area (Å²) in [6, 6.07) is 15.4. The lowest BCUT2D eigenvalue weighted by atomic mass is 9.80. The molecule has 0 saturated heterocycles. The molecule has 1 atom stereocenters. The molecule has 1 aliphatic heterocycles. The summed E-state index contributed by atoms with van der Waals surface area (Å²) in [7, 11) is 4.04. The average molecular weight is 356 g/mol. The molecule has 1 unspecified atom stereocenters. The van der Waals surface area contributed by atoms with Gasteiger partial charge >= 0.3 is 5.97 Å². The van der Waals surface area contributed by atoms with E-state index >= 15 is 0 Å². The lowest BCUT2D eigenvalue weighted by Gasteiger charge is -2.38.